The third kappa shape index (κ3) is 4.38. The van der Waals surface area contributed by atoms with Crippen LogP contribution in [0.15, 0.2) is 97.6 Å². The van der Waals surface area contributed by atoms with E-state index in [2.05, 4.69) is 56.1 Å². The van der Waals surface area contributed by atoms with Crippen molar-refractivity contribution in [1.29, 1.82) is 0 Å². The molecule has 0 unspecified atom stereocenters. The van der Waals surface area contributed by atoms with Crippen LogP contribution < -0.4 is 0 Å². The van der Waals surface area contributed by atoms with E-state index in [0.717, 1.165) is 14.5 Å². The molecule has 0 aliphatic heterocycles. The van der Waals surface area contributed by atoms with Gasteiger partial charge in [0.2, 0.25) is 5.78 Å². The van der Waals surface area contributed by atoms with Crippen LogP contribution in [0.2, 0.25) is 0 Å². The number of halogens is 2. The van der Waals surface area contributed by atoms with E-state index in [1.54, 1.807) is 0 Å². The number of Topliss-reactive ketones (excluding diaryl/α,β-unsaturated/α-hetero) is 1. The van der Waals surface area contributed by atoms with Crippen LogP contribution in [-0.4, -0.2) is 11.5 Å². The summed E-state index contributed by atoms with van der Waals surface area (Å²) in [6, 6.07) is 26.0. The van der Waals surface area contributed by atoms with Gasteiger partial charge in [-0.15, -0.1) is 0 Å². The van der Waals surface area contributed by atoms with E-state index >= 15 is 0 Å². The molecule has 1 nitrogen and oxygen atoms in total. The van der Waals surface area contributed by atoms with E-state index in [0.29, 0.717) is 5.75 Å². The van der Waals surface area contributed by atoms with Gasteiger partial charge < -0.3 is 0 Å². The monoisotopic (exact) mass is 461 g/mol. The summed E-state index contributed by atoms with van der Waals surface area (Å²) in [5, 5.41) is 0. The van der Waals surface area contributed by atoms with Crippen LogP contribution in [0, 0.1) is 0 Å². The first-order valence-electron chi connectivity index (χ1n) is 7.44. The highest BCUT2D eigenvalue weighted by molar-refractivity contribution is 9.10. The molecule has 0 fully saturated rings. The van der Waals surface area contributed by atoms with Gasteiger partial charge in [0.05, 0.1) is 10.9 Å². The van der Waals surface area contributed by atoms with Crippen molar-refractivity contribution in [2.24, 2.45) is 0 Å². The second-order valence-corrected chi connectivity index (χ2v) is 9.08. The molecule has 3 rings (SSSR count). The lowest BCUT2D eigenvalue weighted by Gasteiger charge is -2.08. The van der Waals surface area contributed by atoms with Gasteiger partial charge in [0.15, 0.2) is 15.5 Å². The molecule has 0 spiro atoms. The minimum Gasteiger partial charge on any atom is -0.289 e. The van der Waals surface area contributed by atoms with Crippen molar-refractivity contribution in [1.82, 2.24) is 0 Å². The molecule has 120 valence electrons. The van der Waals surface area contributed by atoms with E-state index < -0.39 is 0 Å². The maximum absolute atomic E-state index is 12.7. The van der Waals surface area contributed by atoms with Crippen LogP contribution in [0.5, 0.6) is 0 Å². The Balaban J connectivity index is 1.94. The van der Waals surface area contributed by atoms with Crippen molar-refractivity contribution in [2.45, 2.75) is 9.79 Å². The largest absolute Gasteiger partial charge is 0.289 e. The lowest BCUT2D eigenvalue weighted by molar-refractivity contribution is 0.102. The Bertz CT molecular complexity index is 769. The fourth-order valence-electron chi connectivity index (χ4n) is 2.34. The molecule has 3 aromatic rings. The van der Waals surface area contributed by atoms with Crippen LogP contribution in [-0.2, 0) is 10.9 Å². The van der Waals surface area contributed by atoms with Crippen LogP contribution in [0.4, 0.5) is 0 Å². The SMILES string of the molecule is O=C(C[S+](c1ccc(Br)cc1)c1ccc(Br)cc1)c1ccccc1. The van der Waals surface area contributed by atoms with Gasteiger partial charge in [-0.3, -0.25) is 4.79 Å². The average molecular weight is 463 g/mol. The minimum atomic E-state index is -0.290. The molecule has 0 bridgehead atoms. The van der Waals surface area contributed by atoms with Crippen molar-refractivity contribution < 1.29 is 4.79 Å². The Morgan fingerprint density at radius 3 is 1.62 bits per heavy atom. The molecule has 0 heterocycles. The van der Waals surface area contributed by atoms with E-state index in [1.807, 2.05) is 54.6 Å². The third-order valence-corrected chi connectivity index (χ3v) is 6.86. The van der Waals surface area contributed by atoms with Gasteiger partial charge in [-0.05, 0) is 48.5 Å². The Morgan fingerprint density at radius 1 is 0.708 bits per heavy atom. The number of carbonyl (C=O) groups is 1. The van der Waals surface area contributed by atoms with Crippen molar-refractivity contribution in [3.8, 4) is 0 Å². The molecule has 0 N–H and O–H groups in total. The quantitative estimate of drug-likeness (QED) is 0.329. The summed E-state index contributed by atoms with van der Waals surface area (Å²) in [4.78, 5) is 15.1. The Labute approximate surface area is 161 Å². The lowest BCUT2D eigenvalue weighted by Crippen LogP contribution is -2.17. The zero-order valence-electron chi connectivity index (χ0n) is 12.8. The molecule has 4 heteroatoms. The highest BCUT2D eigenvalue weighted by atomic mass is 79.9. The lowest BCUT2D eigenvalue weighted by atomic mass is 10.2. The van der Waals surface area contributed by atoms with Gasteiger partial charge >= 0.3 is 0 Å². The molecule has 0 radical (unpaired) electrons. The van der Waals surface area contributed by atoms with Crippen molar-refractivity contribution in [2.75, 3.05) is 5.75 Å². The van der Waals surface area contributed by atoms with Crippen molar-refractivity contribution in [3.05, 3.63) is 93.4 Å². The fourth-order valence-corrected chi connectivity index (χ4v) is 4.83. The first kappa shape index (κ1) is 17.5. The molecule has 3 aromatic carbocycles. The summed E-state index contributed by atoms with van der Waals surface area (Å²) in [5.74, 6) is 0.651. The molecule has 0 aliphatic carbocycles. The predicted octanol–water partition coefficient (Wildman–Crippen LogP) is 6.13. The van der Waals surface area contributed by atoms with Gasteiger partial charge in [-0.2, -0.15) is 0 Å². The zero-order valence-corrected chi connectivity index (χ0v) is 16.8. The number of hydrogen-bond donors (Lipinski definition) is 0. The number of carbonyl (C=O) groups excluding carboxylic acids is 1. The Kier molecular flexibility index (Phi) is 5.93. The second-order valence-electron chi connectivity index (χ2n) is 5.23. The van der Waals surface area contributed by atoms with Crippen LogP contribution in [0.1, 0.15) is 10.4 Å². The van der Waals surface area contributed by atoms with E-state index in [1.165, 1.54) is 9.79 Å². The Morgan fingerprint density at radius 2 is 1.17 bits per heavy atom. The molecule has 0 saturated heterocycles. The first-order valence-corrected chi connectivity index (χ1v) is 10.4. The Hall–Kier alpha value is -1.36. The number of hydrogen-bond acceptors (Lipinski definition) is 1. The highest BCUT2D eigenvalue weighted by Crippen LogP contribution is 2.27. The highest BCUT2D eigenvalue weighted by Gasteiger charge is 2.29. The predicted molar refractivity (Wildman–Crippen MR) is 108 cm³/mol. The minimum absolute atomic E-state index is 0.171. The summed E-state index contributed by atoms with van der Waals surface area (Å²) < 4.78 is 2.08. The summed E-state index contributed by atoms with van der Waals surface area (Å²) in [6.45, 7) is 0. The molecular weight excluding hydrogens is 448 g/mol. The topological polar surface area (TPSA) is 17.1 Å². The van der Waals surface area contributed by atoms with Crippen LogP contribution >= 0.6 is 31.9 Å². The summed E-state index contributed by atoms with van der Waals surface area (Å²) in [7, 11) is -0.290. The number of benzene rings is 3. The van der Waals surface area contributed by atoms with Gasteiger partial charge in [-0.1, -0.05) is 62.2 Å². The number of ketones is 1. The van der Waals surface area contributed by atoms with Crippen molar-refractivity contribution >= 4 is 48.5 Å². The second kappa shape index (κ2) is 8.15. The number of rotatable bonds is 5. The van der Waals surface area contributed by atoms with E-state index in [9.17, 15) is 4.79 Å². The van der Waals surface area contributed by atoms with Crippen molar-refractivity contribution in [3.63, 3.8) is 0 Å². The fraction of sp³-hybridized carbons (Fsp3) is 0.0500. The molecule has 0 saturated carbocycles. The van der Waals surface area contributed by atoms with Crippen LogP contribution in [0.3, 0.4) is 0 Å². The zero-order chi connectivity index (χ0) is 16.9. The summed E-state index contributed by atoms with van der Waals surface area (Å²) in [6.07, 6.45) is 0. The van der Waals surface area contributed by atoms with Gasteiger partial charge in [-0.25, -0.2) is 0 Å². The molecule has 0 atom stereocenters. The molecule has 24 heavy (non-hydrogen) atoms. The summed E-state index contributed by atoms with van der Waals surface area (Å²) in [5.41, 5.74) is 0.768. The maximum Gasteiger partial charge on any atom is 0.212 e. The normalized spacial score (nSPS) is 10.8. The summed E-state index contributed by atoms with van der Waals surface area (Å²) >= 11 is 6.96. The van der Waals surface area contributed by atoms with E-state index in [4.69, 9.17) is 0 Å². The van der Waals surface area contributed by atoms with Gasteiger partial charge in [0.1, 0.15) is 0 Å². The molecule has 0 aliphatic rings. The van der Waals surface area contributed by atoms with Gasteiger partial charge in [0.25, 0.3) is 0 Å². The molecule has 0 amide bonds. The average Bonchev–Trinajstić information content (AvgIpc) is 2.62. The molecular formula is C20H15Br2OS+. The standard InChI is InChI=1S/C20H15Br2OS/c21-16-6-10-18(11-7-16)24(19-12-8-17(22)9-13-19)14-20(23)15-4-2-1-3-5-15/h1-13H,14H2/q+1. The maximum atomic E-state index is 12.7. The van der Waals surface area contributed by atoms with Gasteiger partial charge in [0, 0.05) is 14.5 Å². The molecule has 0 aromatic heterocycles. The van der Waals surface area contributed by atoms with E-state index in [-0.39, 0.29) is 16.7 Å². The third-order valence-electron chi connectivity index (χ3n) is 3.57. The van der Waals surface area contributed by atoms with Crippen LogP contribution in [0.25, 0.3) is 0 Å². The first-order chi connectivity index (χ1) is 11.6. The smallest absolute Gasteiger partial charge is 0.212 e.